The second-order valence-corrected chi connectivity index (χ2v) is 5.72. The third-order valence-corrected chi connectivity index (χ3v) is 3.78. The Morgan fingerprint density at radius 3 is 2.75 bits per heavy atom. The van der Waals surface area contributed by atoms with E-state index in [-0.39, 0.29) is 24.0 Å². The van der Waals surface area contributed by atoms with Gasteiger partial charge in [-0.3, -0.25) is 9.89 Å². The second kappa shape index (κ2) is 11.4. The van der Waals surface area contributed by atoms with Gasteiger partial charge < -0.3 is 20.3 Å². The van der Waals surface area contributed by atoms with Crippen LogP contribution in [0.3, 0.4) is 0 Å². The van der Waals surface area contributed by atoms with Crippen molar-refractivity contribution in [2.24, 2.45) is 4.99 Å². The summed E-state index contributed by atoms with van der Waals surface area (Å²) < 4.78 is 5.36. The van der Waals surface area contributed by atoms with E-state index in [0.29, 0.717) is 0 Å². The first-order chi connectivity index (χ1) is 11.2. The van der Waals surface area contributed by atoms with Crippen molar-refractivity contribution < 1.29 is 4.74 Å². The quantitative estimate of drug-likeness (QED) is 0.381. The minimum absolute atomic E-state index is 0. The highest BCUT2D eigenvalue weighted by Gasteiger charge is 2.09. The maximum atomic E-state index is 5.36. The molecule has 8 heteroatoms. The molecule has 1 aliphatic heterocycles. The van der Waals surface area contributed by atoms with Gasteiger partial charge >= 0.3 is 0 Å². The number of rotatable bonds is 6. The van der Waals surface area contributed by atoms with Crippen molar-refractivity contribution in [2.45, 2.75) is 6.54 Å². The number of pyridine rings is 1. The lowest BCUT2D eigenvalue weighted by Gasteiger charge is -2.26. The standard InChI is InChI=1S/C16H28N6O.HI/c1-17-16(19-6-7-22-8-10-23-11-9-22)20-13-14-4-5-18-15(12-14)21(2)3;/h4-5,12H,6-11,13H2,1-3H3,(H2,17,19,20);1H. The van der Waals surface area contributed by atoms with Crippen LogP contribution >= 0.6 is 24.0 Å². The summed E-state index contributed by atoms with van der Waals surface area (Å²) in [5.41, 5.74) is 1.18. The zero-order valence-electron chi connectivity index (χ0n) is 14.8. The molecular formula is C16H29IN6O. The van der Waals surface area contributed by atoms with Crippen LogP contribution in [-0.2, 0) is 11.3 Å². The molecular weight excluding hydrogens is 419 g/mol. The Balaban J connectivity index is 0.00000288. The van der Waals surface area contributed by atoms with Gasteiger partial charge in [0, 0.05) is 60.1 Å². The number of anilines is 1. The molecule has 0 aromatic carbocycles. The average molecular weight is 448 g/mol. The summed E-state index contributed by atoms with van der Waals surface area (Å²) in [6.07, 6.45) is 1.83. The molecule has 0 radical (unpaired) electrons. The van der Waals surface area contributed by atoms with E-state index in [1.807, 2.05) is 31.3 Å². The minimum Gasteiger partial charge on any atom is -0.379 e. The molecule has 0 aliphatic carbocycles. The van der Waals surface area contributed by atoms with Gasteiger partial charge in [0.15, 0.2) is 5.96 Å². The number of nitrogens with zero attached hydrogens (tertiary/aromatic N) is 4. The average Bonchev–Trinajstić information content (AvgIpc) is 2.59. The van der Waals surface area contributed by atoms with Crippen LogP contribution in [-0.4, -0.2) is 76.4 Å². The lowest BCUT2D eigenvalue weighted by atomic mass is 10.2. The predicted octanol–water partition coefficient (Wildman–Crippen LogP) is 0.763. The second-order valence-electron chi connectivity index (χ2n) is 5.72. The molecule has 1 aromatic heterocycles. The maximum absolute atomic E-state index is 5.36. The van der Waals surface area contributed by atoms with E-state index in [2.05, 4.69) is 31.6 Å². The molecule has 136 valence electrons. The van der Waals surface area contributed by atoms with Gasteiger partial charge in [-0.1, -0.05) is 0 Å². The zero-order chi connectivity index (χ0) is 16.5. The highest BCUT2D eigenvalue weighted by molar-refractivity contribution is 14.0. The number of halogens is 1. The van der Waals surface area contributed by atoms with E-state index in [1.165, 1.54) is 5.56 Å². The molecule has 1 aliphatic rings. The van der Waals surface area contributed by atoms with Gasteiger partial charge in [0.2, 0.25) is 0 Å². The van der Waals surface area contributed by atoms with Crippen LogP contribution in [0.5, 0.6) is 0 Å². The van der Waals surface area contributed by atoms with Crippen molar-refractivity contribution in [3.8, 4) is 0 Å². The Kier molecular flexibility index (Phi) is 9.96. The van der Waals surface area contributed by atoms with Crippen molar-refractivity contribution in [3.05, 3.63) is 23.9 Å². The molecule has 7 nitrogen and oxygen atoms in total. The normalized spacial score (nSPS) is 15.5. The van der Waals surface area contributed by atoms with Crippen LogP contribution in [0.25, 0.3) is 0 Å². The van der Waals surface area contributed by atoms with E-state index in [9.17, 15) is 0 Å². The molecule has 2 N–H and O–H groups in total. The molecule has 1 saturated heterocycles. The van der Waals surface area contributed by atoms with Gasteiger partial charge in [-0.2, -0.15) is 0 Å². The molecule has 0 saturated carbocycles. The summed E-state index contributed by atoms with van der Waals surface area (Å²) in [4.78, 5) is 13.0. The minimum atomic E-state index is 0. The summed E-state index contributed by atoms with van der Waals surface area (Å²) in [5.74, 6) is 1.78. The van der Waals surface area contributed by atoms with Crippen molar-refractivity contribution >= 4 is 35.8 Å². The van der Waals surface area contributed by atoms with Crippen LogP contribution in [0.1, 0.15) is 5.56 Å². The lowest BCUT2D eigenvalue weighted by Crippen LogP contribution is -2.44. The fourth-order valence-electron chi connectivity index (χ4n) is 2.38. The van der Waals surface area contributed by atoms with E-state index < -0.39 is 0 Å². The largest absolute Gasteiger partial charge is 0.379 e. The molecule has 0 bridgehead atoms. The van der Waals surface area contributed by atoms with Crippen LogP contribution in [0, 0.1) is 0 Å². The predicted molar refractivity (Wildman–Crippen MR) is 109 cm³/mol. The monoisotopic (exact) mass is 448 g/mol. The van der Waals surface area contributed by atoms with E-state index in [4.69, 9.17) is 4.74 Å². The molecule has 1 aromatic rings. The lowest BCUT2D eigenvalue weighted by molar-refractivity contribution is 0.0389. The molecule has 2 heterocycles. The molecule has 0 atom stereocenters. The van der Waals surface area contributed by atoms with Gasteiger partial charge in [-0.05, 0) is 17.7 Å². The zero-order valence-corrected chi connectivity index (χ0v) is 17.1. The Labute approximate surface area is 161 Å². The SMILES string of the molecule is CN=C(NCCN1CCOCC1)NCc1ccnc(N(C)C)c1.I. The molecule has 0 amide bonds. The number of aromatic nitrogens is 1. The summed E-state index contributed by atoms with van der Waals surface area (Å²) >= 11 is 0. The Morgan fingerprint density at radius 1 is 1.33 bits per heavy atom. The number of hydrogen-bond donors (Lipinski definition) is 2. The Morgan fingerprint density at radius 2 is 2.08 bits per heavy atom. The number of nitrogens with one attached hydrogen (secondary N) is 2. The van der Waals surface area contributed by atoms with Gasteiger partial charge in [0.1, 0.15) is 5.82 Å². The number of guanidine groups is 1. The fraction of sp³-hybridized carbons (Fsp3) is 0.625. The fourth-order valence-corrected chi connectivity index (χ4v) is 2.38. The summed E-state index contributed by atoms with van der Waals surface area (Å²) in [6, 6.07) is 4.09. The first-order valence-corrected chi connectivity index (χ1v) is 8.06. The van der Waals surface area contributed by atoms with Crippen molar-refractivity contribution in [1.82, 2.24) is 20.5 Å². The number of hydrogen-bond acceptors (Lipinski definition) is 5. The number of aliphatic imine (C=N–C) groups is 1. The topological polar surface area (TPSA) is 65.0 Å². The van der Waals surface area contributed by atoms with Crippen LogP contribution in [0.4, 0.5) is 5.82 Å². The van der Waals surface area contributed by atoms with Gasteiger partial charge in [-0.25, -0.2) is 4.98 Å². The summed E-state index contributed by atoms with van der Waals surface area (Å²) in [7, 11) is 5.78. The highest BCUT2D eigenvalue weighted by atomic mass is 127. The van der Waals surface area contributed by atoms with Gasteiger partial charge in [0.05, 0.1) is 13.2 Å². The number of ether oxygens (including phenoxy) is 1. The van der Waals surface area contributed by atoms with Crippen LogP contribution in [0.15, 0.2) is 23.3 Å². The Bertz CT molecular complexity index is 505. The van der Waals surface area contributed by atoms with Crippen LogP contribution < -0.4 is 15.5 Å². The molecule has 0 unspecified atom stereocenters. The first-order valence-electron chi connectivity index (χ1n) is 8.06. The van der Waals surface area contributed by atoms with Crippen LogP contribution in [0.2, 0.25) is 0 Å². The third kappa shape index (κ3) is 7.18. The highest BCUT2D eigenvalue weighted by Crippen LogP contribution is 2.09. The first kappa shape index (κ1) is 20.9. The maximum Gasteiger partial charge on any atom is 0.191 e. The smallest absolute Gasteiger partial charge is 0.191 e. The third-order valence-electron chi connectivity index (χ3n) is 3.78. The van der Waals surface area contributed by atoms with E-state index in [0.717, 1.165) is 57.7 Å². The van der Waals surface area contributed by atoms with E-state index >= 15 is 0 Å². The molecule has 24 heavy (non-hydrogen) atoms. The molecule has 0 spiro atoms. The number of morpholine rings is 1. The van der Waals surface area contributed by atoms with Crippen molar-refractivity contribution in [1.29, 1.82) is 0 Å². The van der Waals surface area contributed by atoms with Crippen molar-refractivity contribution in [3.63, 3.8) is 0 Å². The molecule has 2 rings (SSSR count). The summed E-state index contributed by atoms with van der Waals surface area (Å²) in [5, 5.41) is 6.69. The summed E-state index contributed by atoms with van der Waals surface area (Å²) in [6.45, 7) is 6.30. The van der Waals surface area contributed by atoms with Crippen molar-refractivity contribution in [2.75, 3.05) is 65.4 Å². The Hall–Kier alpha value is -1.13. The van der Waals surface area contributed by atoms with E-state index in [1.54, 1.807) is 7.05 Å². The van der Waals surface area contributed by atoms with Gasteiger partial charge in [0.25, 0.3) is 0 Å². The molecule has 1 fully saturated rings. The van der Waals surface area contributed by atoms with Gasteiger partial charge in [-0.15, -0.1) is 24.0 Å².